The van der Waals surface area contributed by atoms with Crippen molar-refractivity contribution in [2.45, 2.75) is 423 Å². The Kier molecular flexibility index (Phi) is 63.1. The fraction of sp³-hybridized carbons (Fsp3) is 0.883. The molecule has 1 amide bonds. The highest BCUT2D eigenvalue weighted by atomic mass is 16.7. The molecule has 0 bridgehead atoms. The SMILES string of the molecule is CCCCCCC/C=C\C/C=C\CCCCCCCCCCCCCCCCCCCCCCCCCCCC(=O)NC(COC1OC(CO)C(O)C(O)C1O)C(O)/C=C/CC/C=C/CCCCCCCCCCCCCCCCCCCCCC. The number of allylic oxidation sites excluding steroid dienone is 7. The highest BCUT2D eigenvalue weighted by molar-refractivity contribution is 5.76. The molecule has 1 fully saturated rings. The van der Waals surface area contributed by atoms with Crippen molar-refractivity contribution >= 4 is 5.91 Å². The minimum atomic E-state index is -1.57. The topological polar surface area (TPSA) is 149 Å². The molecule has 0 aromatic carbocycles. The highest BCUT2D eigenvalue weighted by Gasteiger charge is 2.44. The summed E-state index contributed by atoms with van der Waals surface area (Å²) < 4.78 is 11.3. The molecule has 1 heterocycles. The van der Waals surface area contributed by atoms with Gasteiger partial charge in [0.2, 0.25) is 5.91 Å². The number of hydrogen-bond acceptors (Lipinski definition) is 8. The molecule has 0 aromatic rings. The summed E-state index contributed by atoms with van der Waals surface area (Å²) in [4.78, 5) is 13.1. The average molecular weight is 1210 g/mol. The lowest BCUT2D eigenvalue weighted by atomic mass is 9.99. The first-order valence-corrected chi connectivity index (χ1v) is 37.9. The summed E-state index contributed by atoms with van der Waals surface area (Å²) >= 11 is 0. The second kappa shape index (κ2) is 66.1. The van der Waals surface area contributed by atoms with E-state index in [1.54, 1.807) is 6.08 Å². The number of carbonyl (C=O) groups is 1. The number of nitrogens with one attached hydrogen (secondary N) is 1. The Morgan fingerprint density at radius 1 is 0.395 bits per heavy atom. The molecule has 9 heteroatoms. The summed E-state index contributed by atoms with van der Waals surface area (Å²) in [6.07, 6.45) is 83.9. The van der Waals surface area contributed by atoms with E-state index in [4.69, 9.17) is 9.47 Å². The van der Waals surface area contributed by atoms with Crippen LogP contribution in [0.5, 0.6) is 0 Å². The Balaban J connectivity index is 2.08. The highest BCUT2D eigenvalue weighted by Crippen LogP contribution is 2.24. The number of rotatable bonds is 67. The molecule has 506 valence electrons. The van der Waals surface area contributed by atoms with Gasteiger partial charge in [-0.25, -0.2) is 0 Å². The van der Waals surface area contributed by atoms with Crippen LogP contribution in [0.4, 0.5) is 0 Å². The predicted octanol–water partition coefficient (Wildman–Crippen LogP) is 21.1. The monoisotopic (exact) mass is 1210 g/mol. The molecule has 0 radical (unpaired) electrons. The van der Waals surface area contributed by atoms with E-state index in [0.29, 0.717) is 6.42 Å². The predicted molar refractivity (Wildman–Crippen MR) is 369 cm³/mol. The molecular formula is C77H145NO8. The third-order valence-electron chi connectivity index (χ3n) is 18.1. The van der Waals surface area contributed by atoms with Crippen molar-refractivity contribution in [1.29, 1.82) is 0 Å². The third kappa shape index (κ3) is 53.9. The van der Waals surface area contributed by atoms with Gasteiger partial charge in [-0.15, -0.1) is 0 Å². The van der Waals surface area contributed by atoms with E-state index in [0.717, 1.165) is 44.9 Å². The molecule has 9 nitrogen and oxygen atoms in total. The van der Waals surface area contributed by atoms with Crippen LogP contribution < -0.4 is 5.32 Å². The summed E-state index contributed by atoms with van der Waals surface area (Å²) in [5.74, 6) is -0.179. The lowest BCUT2D eigenvalue weighted by molar-refractivity contribution is -0.302. The fourth-order valence-corrected chi connectivity index (χ4v) is 12.2. The van der Waals surface area contributed by atoms with Crippen LogP contribution in [0.2, 0.25) is 0 Å². The maximum atomic E-state index is 13.1. The lowest BCUT2D eigenvalue weighted by Crippen LogP contribution is -2.60. The van der Waals surface area contributed by atoms with Gasteiger partial charge in [-0.1, -0.05) is 358 Å². The molecule has 7 unspecified atom stereocenters. The summed E-state index contributed by atoms with van der Waals surface area (Å²) in [7, 11) is 0. The van der Waals surface area contributed by atoms with Crippen LogP contribution >= 0.6 is 0 Å². The standard InChI is InChI=1S/C77H145NO8/c1-3-5-7-9-11-13-15-17-19-21-23-25-27-29-31-32-33-34-35-36-37-38-39-40-41-43-45-47-49-51-53-55-57-59-61-63-65-67-73(81)78-70(69-85-77-76(84)75(83)74(82)72(68-79)86-77)71(80)66-64-62-60-58-56-54-52-50-48-46-44-42-30-28-26-24-22-20-18-16-14-12-10-8-6-4-2/h15,17,21,23,56,58,64,66,70-72,74-77,79-80,82-84H,3-14,16,18-20,22,24-55,57,59-63,65,67-69H2,1-2H3,(H,78,81)/b17-15-,23-21-,58-56+,66-64+. The molecule has 0 aromatic heterocycles. The van der Waals surface area contributed by atoms with Gasteiger partial charge in [0.15, 0.2) is 6.29 Å². The van der Waals surface area contributed by atoms with Crippen LogP contribution in [-0.2, 0) is 14.3 Å². The third-order valence-corrected chi connectivity index (χ3v) is 18.1. The molecule has 0 spiro atoms. The summed E-state index contributed by atoms with van der Waals surface area (Å²) in [6.45, 7) is 3.81. The largest absolute Gasteiger partial charge is 0.394 e. The van der Waals surface area contributed by atoms with Crippen LogP contribution in [0.1, 0.15) is 380 Å². The van der Waals surface area contributed by atoms with Gasteiger partial charge < -0.3 is 40.3 Å². The number of hydrogen-bond donors (Lipinski definition) is 6. The smallest absolute Gasteiger partial charge is 0.220 e. The molecule has 1 rings (SSSR count). The van der Waals surface area contributed by atoms with E-state index in [-0.39, 0.29) is 12.5 Å². The molecule has 86 heavy (non-hydrogen) atoms. The van der Waals surface area contributed by atoms with Crippen molar-refractivity contribution in [3.8, 4) is 0 Å². The normalized spacial score (nSPS) is 18.2. The first kappa shape index (κ1) is 82.2. The zero-order chi connectivity index (χ0) is 62.1. The van der Waals surface area contributed by atoms with Crippen LogP contribution in [0.25, 0.3) is 0 Å². The minimum absolute atomic E-state index is 0.179. The number of ether oxygens (including phenoxy) is 2. The Morgan fingerprint density at radius 2 is 0.698 bits per heavy atom. The molecule has 0 aliphatic carbocycles. The minimum Gasteiger partial charge on any atom is -0.394 e. The van der Waals surface area contributed by atoms with Crippen LogP contribution in [0.15, 0.2) is 48.6 Å². The maximum absolute atomic E-state index is 13.1. The van der Waals surface area contributed by atoms with Gasteiger partial charge >= 0.3 is 0 Å². The number of unbranched alkanes of at least 4 members (excludes halogenated alkanes) is 51. The maximum Gasteiger partial charge on any atom is 0.220 e. The first-order valence-electron chi connectivity index (χ1n) is 37.9. The van der Waals surface area contributed by atoms with E-state index >= 15 is 0 Å². The van der Waals surface area contributed by atoms with Gasteiger partial charge in [-0.2, -0.15) is 0 Å². The molecule has 1 aliphatic rings. The lowest BCUT2D eigenvalue weighted by Gasteiger charge is -2.40. The average Bonchev–Trinajstić information content (AvgIpc) is 2.44. The Hall–Kier alpha value is -1.85. The van der Waals surface area contributed by atoms with E-state index in [1.165, 1.54) is 315 Å². The molecule has 1 aliphatic heterocycles. The summed E-state index contributed by atoms with van der Waals surface area (Å²) in [5, 5.41) is 54.8. The van der Waals surface area contributed by atoms with Crippen molar-refractivity contribution in [3.63, 3.8) is 0 Å². The Labute approximate surface area is 533 Å². The van der Waals surface area contributed by atoms with Crippen LogP contribution in [0.3, 0.4) is 0 Å². The molecule has 0 saturated carbocycles. The van der Waals surface area contributed by atoms with Crippen LogP contribution in [-0.4, -0.2) is 87.5 Å². The van der Waals surface area contributed by atoms with E-state index < -0.39 is 49.5 Å². The van der Waals surface area contributed by atoms with E-state index in [1.807, 2.05) is 6.08 Å². The zero-order valence-corrected chi connectivity index (χ0v) is 56.8. The van der Waals surface area contributed by atoms with E-state index in [2.05, 4.69) is 55.6 Å². The second-order valence-corrected chi connectivity index (χ2v) is 26.4. The number of carbonyl (C=O) groups excluding carboxylic acids is 1. The van der Waals surface area contributed by atoms with Crippen molar-refractivity contribution in [2.24, 2.45) is 0 Å². The number of amides is 1. The van der Waals surface area contributed by atoms with Gasteiger partial charge in [-0.3, -0.25) is 4.79 Å². The molecular weight excluding hydrogens is 1070 g/mol. The summed E-state index contributed by atoms with van der Waals surface area (Å²) in [5.41, 5.74) is 0. The number of aliphatic hydroxyl groups is 5. The number of aliphatic hydroxyl groups excluding tert-OH is 5. The first-order chi connectivity index (χ1) is 42.3. The summed E-state index contributed by atoms with van der Waals surface area (Å²) in [6, 6.07) is -0.822. The van der Waals surface area contributed by atoms with Gasteiger partial charge in [0.05, 0.1) is 25.4 Å². The quantitative estimate of drug-likeness (QED) is 0.0261. The van der Waals surface area contributed by atoms with Crippen molar-refractivity contribution in [3.05, 3.63) is 48.6 Å². The Morgan fingerprint density at radius 3 is 1.05 bits per heavy atom. The van der Waals surface area contributed by atoms with Gasteiger partial charge in [-0.05, 0) is 64.2 Å². The van der Waals surface area contributed by atoms with Crippen molar-refractivity contribution in [2.75, 3.05) is 13.2 Å². The van der Waals surface area contributed by atoms with Gasteiger partial charge in [0, 0.05) is 6.42 Å². The molecule has 1 saturated heterocycles. The zero-order valence-electron chi connectivity index (χ0n) is 56.8. The van der Waals surface area contributed by atoms with Crippen LogP contribution in [0, 0.1) is 0 Å². The van der Waals surface area contributed by atoms with Crippen molar-refractivity contribution < 1.29 is 39.8 Å². The fourth-order valence-electron chi connectivity index (χ4n) is 12.2. The molecule has 7 atom stereocenters. The van der Waals surface area contributed by atoms with E-state index in [9.17, 15) is 30.3 Å². The Bertz CT molecular complexity index is 1500. The second-order valence-electron chi connectivity index (χ2n) is 26.4. The van der Waals surface area contributed by atoms with Crippen molar-refractivity contribution in [1.82, 2.24) is 5.32 Å². The molecule has 6 N–H and O–H groups in total. The van der Waals surface area contributed by atoms with Gasteiger partial charge in [0.1, 0.15) is 24.4 Å². The van der Waals surface area contributed by atoms with Gasteiger partial charge in [0.25, 0.3) is 0 Å².